The number of carbonyl (C=O) groups excluding carboxylic acids is 2. The first kappa shape index (κ1) is 22.9. The Bertz CT molecular complexity index is 1300. The van der Waals surface area contributed by atoms with Gasteiger partial charge in [0, 0.05) is 24.1 Å². The summed E-state index contributed by atoms with van der Waals surface area (Å²) in [4.78, 5) is 30.5. The number of para-hydroxylation sites is 1. The molecule has 0 atom stereocenters. The Morgan fingerprint density at radius 2 is 1.59 bits per heavy atom. The minimum atomic E-state index is -0.284. The molecule has 0 unspecified atom stereocenters. The molecule has 1 N–H and O–H groups in total. The summed E-state index contributed by atoms with van der Waals surface area (Å²) >= 11 is 1.34. The fourth-order valence-corrected chi connectivity index (χ4v) is 4.01. The van der Waals surface area contributed by atoms with Crippen molar-refractivity contribution in [1.82, 2.24) is 4.98 Å². The van der Waals surface area contributed by atoms with Crippen LogP contribution in [0.4, 0.5) is 16.5 Å². The third-order valence-electron chi connectivity index (χ3n) is 4.81. The topological polar surface area (TPSA) is 71.5 Å². The fourth-order valence-electron chi connectivity index (χ4n) is 3.15. The van der Waals surface area contributed by atoms with Gasteiger partial charge in [-0.3, -0.25) is 14.5 Å². The normalized spacial score (nSPS) is 10.8. The predicted octanol–water partition coefficient (Wildman–Crippen LogP) is 6.58. The third kappa shape index (κ3) is 5.96. The summed E-state index contributed by atoms with van der Waals surface area (Å²) in [6, 6.07) is 24.3. The van der Waals surface area contributed by atoms with Gasteiger partial charge in [0.1, 0.15) is 11.5 Å². The number of nitrogens with zero attached hydrogens (tertiary/aromatic N) is 2. The molecule has 0 aliphatic carbocycles. The van der Waals surface area contributed by atoms with Gasteiger partial charge in [0.25, 0.3) is 0 Å². The van der Waals surface area contributed by atoms with E-state index in [0.717, 1.165) is 11.4 Å². The van der Waals surface area contributed by atoms with E-state index in [2.05, 4.69) is 10.3 Å². The molecule has 3 aromatic carbocycles. The number of hydrogen-bond acceptors (Lipinski definition) is 5. The van der Waals surface area contributed by atoms with Gasteiger partial charge in [-0.1, -0.05) is 35.9 Å². The van der Waals surface area contributed by atoms with Crippen LogP contribution in [0, 0.1) is 6.92 Å². The molecule has 2 amide bonds. The Morgan fingerprint density at radius 1 is 0.941 bits per heavy atom. The Morgan fingerprint density at radius 3 is 2.24 bits per heavy atom. The summed E-state index contributed by atoms with van der Waals surface area (Å²) in [6.07, 6.45) is 3.03. The monoisotopic (exact) mass is 469 g/mol. The SMILES string of the molecule is CC(=O)N(c1ccccc1)c1nc(/C=C/C(=O)Nc2ccc(Oc3ccc(C)cc3)cc2)cs1. The van der Waals surface area contributed by atoms with Crippen LogP contribution >= 0.6 is 11.3 Å². The summed E-state index contributed by atoms with van der Waals surface area (Å²) in [5, 5.41) is 5.16. The molecule has 0 aliphatic heterocycles. The van der Waals surface area contributed by atoms with Crippen molar-refractivity contribution >= 4 is 45.7 Å². The number of rotatable bonds is 7. The van der Waals surface area contributed by atoms with Crippen LogP contribution in [0.5, 0.6) is 11.5 Å². The van der Waals surface area contributed by atoms with Gasteiger partial charge in [-0.25, -0.2) is 4.98 Å². The first-order valence-electron chi connectivity index (χ1n) is 10.6. The van der Waals surface area contributed by atoms with Gasteiger partial charge >= 0.3 is 0 Å². The Balaban J connectivity index is 1.36. The number of amides is 2. The predicted molar refractivity (Wildman–Crippen MR) is 137 cm³/mol. The van der Waals surface area contributed by atoms with Crippen molar-refractivity contribution in [3.63, 3.8) is 0 Å². The van der Waals surface area contributed by atoms with Crippen LogP contribution in [0.3, 0.4) is 0 Å². The minimum Gasteiger partial charge on any atom is -0.457 e. The zero-order valence-electron chi connectivity index (χ0n) is 18.8. The molecule has 0 spiro atoms. The Kier molecular flexibility index (Phi) is 7.15. The van der Waals surface area contributed by atoms with Gasteiger partial charge in [0.2, 0.25) is 11.8 Å². The van der Waals surface area contributed by atoms with Crippen molar-refractivity contribution in [2.24, 2.45) is 0 Å². The molecule has 0 fully saturated rings. The number of thiazole rings is 1. The second-order valence-corrected chi connectivity index (χ2v) is 8.34. The van der Waals surface area contributed by atoms with E-state index in [-0.39, 0.29) is 11.8 Å². The molecular formula is C27H23N3O3S. The van der Waals surface area contributed by atoms with Crippen LogP contribution in [0.2, 0.25) is 0 Å². The molecule has 4 aromatic rings. The fraction of sp³-hybridized carbons (Fsp3) is 0.0741. The van der Waals surface area contributed by atoms with E-state index in [0.29, 0.717) is 22.3 Å². The van der Waals surface area contributed by atoms with E-state index in [1.54, 1.807) is 40.6 Å². The number of aryl methyl sites for hydroxylation is 1. The summed E-state index contributed by atoms with van der Waals surface area (Å²) in [7, 11) is 0. The molecule has 6 nitrogen and oxygen atoms in total. The first-order chi connectivity index (χ1) is 16.5. The maximum Gasteiger partial charge on any atom is 0.248 e. The number of nitrogens with one attached hydrogen (secondary N) is 1. The van der Waals surface area contributed by atoms with Gasteiger partial charge in [0.15, 0.2) is 5.13 Å². The first-order valence-corrected chi connectivity index (χ1v) is 11.5. The van der Waals surface area contributed by atoms with Crippen molar-refractivity contribution in [3.05, 3.63) is 102 Å². The lowest BCUT2D eigenvalue weighted by Gasteiger charge is -2.17. The Labute approximate surface area is 202 Å². The summed E-state index contributed by atoms with van der Waals surface area (Å²) < 4.78 is 5.81. The van der Waals surface area contributed by atoms with Crippen LogP contribution in [-0.2, 0) is 9.59 Å². The standard InChI is InChI=1S/C27H23N3O3S/c1-19-8-13-24(14-9-19)33-25-15-10-21(11-16-25)28-26(32)17-12-22-18-34-27(29-22)30(20(2)31)23-6-4-3-5-7-23/h3-18H,1-2H3,(H,28,32)/b17-12+. The summed E-state index contributed by atoms with van der Waals surface area (Å²) in [5.41, 5.74) is 3.16. The maximum atomic E-state index is 12.3. The third-order valence-corrected chi connectivity index (χ3v) is 5.66. The molecule has 1 aromatic heterocycles. The number of hydrogen-bond donors (Lipinski definition) is 1. The largest absolute Gasteiger partial charge is 0.457 e. The lowest BCUT2D eigenvalue weighted by molar-refractivity contribution is -0.116. The lowest BCUT2D eigenvalue weighted by atomic mass is 10.2. The van der Waals surface area contributed by atoms with E-state index in [1.807, 2.05) is 61.5 Å². The number of ether oxygens (including phenoxy) is 1. The van der Waals surface area contributed by atoms with Crippen molar-refractivity contribution in [1.29, 1.82) is 0 Å². The van der Waals surface area contributed by atoms with Crippen molar-refractivity contribution in [3.8, 4) is 11.5 Å². The van der Waals surface area contributed by atoms with Gasteiger partial charge < -0.3 is 10.1 Å². The second kappa shape index (κ2) is 10.6. The molecule has 0 saturated heterocycles. The molecule has 34 heavy (non-hydrogen) atoms. The maximum absolute atomic E-state index is 12.3. The van der Waals surface area contributed by atoms with Gasteiger partial charge in [-0.15, -0.1) is 11.3 Å². The number of anilines is 3. The number of aromatic nitrogens is 1. The highest BCUT2D eigenvalue weighted by Crippen LogP contribution is 2.29. The highest BCUT2D eigenvalue weighted by Gasteiger charge is 2.17. The van der Waals surface area contributed by atoms with Crippen molar-refractivity contribution < 1.29 is 14.3 Å². The highest BCUT2D eigenvalue weighted by atomic mass is 32.1. The Hall–Kier alpha value is -4.23. The molecule has 0 radical (unpaired) electrons. The number of benzene rings is 3. The highest BCUT2D eigenvalue weighted by molar-refractivity contribution is 7.14. The lowest BCUT2D eigenvalue weighted by Crippen LogP contribution is -2.22. The van der Waals surface area contributed by atoms with Crippen LogP contribution in [0.1, 0.15) is 18.2 Å². The van der Waals surface area contributed by atoms with Crippen LogP contribution in [0.15, 0.2) is 90.3 Å². The van der Waals surface area contributed by atoms with Crippen LogP contribution < -0.4 is 15.0 Å². The molecule has 170 valence electrons. The molecule has 7 heteroatoms. The quantitative estimate of drug-likeness (QED) is 0.310. The molecule has 4 rings (SSSR count). The molecule has 0 bridgehead atoms. The molecule has 1 heterocycles. The van der Waals surface area contributed by atoms with E-state index < -0.39 is 0 Å². The minimum absolute atomic E-state index is 0.136. The summed E-state index contributed by atoms with van der Waals surface area (Å²) in [6.45, 7) is 3.52. The summed E-state index contributed by atoms with van der Waals surface area (Å²) in [5.74, 6) is 1.02. The van der Waals surface area contributed by atoms with Crippen LogP contribution in [-0.4, -0.2) is 16.8 Å². The van der Waals surface area contributed by atoms with E-state index >= 15 is 0 Å². The average Bonchev–Trinajstić information content (AvgIpc) is 3.29. The average molecular weight is 470 g/mol. The van der Waals surface area contributed by atoms with Crippen LogP contribution in [0.25, 0.3) is 6.08 Å². The zero-order valence-corrected chi connectivity index (χ0v) is 19.6. The van der Waals surface area contributed by atoms with Crippen molar-refractivity contribution in [2.45, 2.75) is 13.8 Å². The number of carbonyl (C=O) groups is 2. The zero-order chi connectivity index (χ0) is 23.9. The van der Waals surface area contributed by atoms with Gasteiger partial charge in [0.05, 0.1) is 11.4 Å². The second-order valence-electron chi connectivity index (χ2n) is 7.51. The molecule has 0 aliphatic rings. The van der Waals surface area contributed by atoms with E-state index in [4.69, 9.17) is 4.74 Å². The molecular weight excluding hydrogens is 446 g/mol. The van der Waals surface area contributed by atoms with Gasteiger partial charge in [-0.2, -0.15) is 0 Å². The smallest absolute Gasteiger partial charge is 0.248 e. The van der Waals surface area contributed by atoms with E-state index in [9.17, 15) is 9.59 Å². The van der Waals surface area contributed by atoms with Gasteiger partial charge in [-0.05, 0) is 61.5 Å². The van der Waals surface area contributed by atoms with Crippen molar-refractivity contribution in [2.75, 3.05) is 10.2 Å². The van der Waals surface area contributed by atoms with E-state index in [1.165, 1.54) is 29.9 Å². The molecule has 0 saturated carbocycles.